The smallest absolute Gasteiger partial charge is 0.205 e. The summed E-state index contributed by atoms with van der Waals surface area (Å²) in [6, 6.07) is 0.128. The monoisotopic (exact) mass is 195 g/mol. The van der Waals surface area contributed by atoms with Crippen LogP contribution in [0.15, 0.2) is 17.9 Å². The molecule has 6 heteroatoms. The minimum atomic E-state index is 0.128. The molecule has 0 saturated carbocycles. The van der Waals surface area contributed by atoms with E-state index in [1.54, 1.807) is 17.9 Å². The standard InChI is InChI=1S/C7H9N5S/c1-5(6-8-2-3-9-6)11-7-12-10-4-13-7/h2-5H,1H3,(H,8,9)(H,11,12). The molecule has 68 valence electrons. The van der Waals surface area contributed by atoms with Gasteiger partial charge in [0, 0.05) is 12.4 Å². The Kier molecular flexibility index (Phi) is 2.22. The molecule has 0 aromatic carbocycles. The summed E-state index contributed by atoms with van der Waals surface area (Å²) in [5.41, 5.74) is 1.69. The maximum Gasteiger partial charge on any atom is 0.205 e. The van der Waals surface area contributed by atoms with Gasteiger partial charge in [0.05, 0.1) is 6.04 Å². The first-order valence-corrected chi connectivity index (χ1v) is 4.76. The summed E-state index contributed by atoms with van der Waals surface area (Å²) in [4.78, 5) is 7.17. The summed E-state index contributed by atoms with van der Waals surface area (Å²) in [7, 11) is 0. The second-order valence-corrected chi connectivity index (χ2v) is 3.42. The Bertz CT molecular complexity index is 341. The fraction of sp³-hybridized carbons (Fsp3) is 0.286. The van der Waals surface area contributed by atoms with E-state index in [1.165, 1.54) is 11.3 Å². The van der Waals surface area contributed by atoms with E-state index in [1.807, 2.05) is 6.92 Å². The molecule has 2 rings (SSSR count). The Morgan fingerprint density at radius 3 is 3.15 bits per heavy atom. The Morgan fingerprint density at radius 2 is 2.54 bits per heavy atom. The van der Waals surface area contributed by atoms with E-state index in [0.717, 1.165) is 11.0 Å². The van der Waals surface area contributed by atoms with E-state index in [4.69, 9.17) is 0 Å². The number of nitrogens with zero attached hydrogens (tertiary/aromatic N) is 3. The molecule has 0 saturated heterocycles. The van der Waals surface area contributed by atoms with Crippen LogP contribution in [0.25, 0.3) is 0 Å². The van der Waals surface area contributed by atoms with Gasteiger partial charge >= 0.3 is 0 Å². The number of aromatic amines is 1. The molecule has 0 spiro atoms. The predicted molar refractivity (Wildman–Crippen MR) is 50.5 cm³/mol. The average Bonchev–Trinajstić information content (AvgIpc) is 2.74. The van der Waals surface area contributed by atoms with Crippen LogP contribution in [-0.4, -0.2) is 20.2 Å². The van der Waals surface area contributed by atoms with Gasteiger partial charge in [0.2, 0.25) is 5.13 Å². The van der Waals surface area contributed by atoms with Gasteiger partial charge in [0.15, 0.2) is 0 Å². The Balaban J connectivity index is 2.04. The second-order valence-electron chi connectivity index (χ2n) is 2.58. The van der Waals surface area contributed by atoms with Crippen molar-refractivity contribution in [2.45, 2.75) is 13.0 Å². The van der Waals surface area contributed by atoms with Gasteiger partial charge in [-0.05, 0) is 6.92 Å². The highest BCUT2D eigenvalue weighted by atomic mass is 32.1. The zero-order valence-electron chi connectivity index (χ0n) is 7.06. The van der Waals surface area contributed by atoms with Crippen molar-refractivity contribution < 1.29 is 0 Å². The van der Waals surface area contributed by atoms with E-state index < -0.39 is 0 Å². The van der Waals surface area contributed by atoms with E-state index in [9.17, 15) is 0 Å². The minimum absolute atomic E-state index is 0.128. The molecule has 2 heterocycles. The SMILES string of the molecule is CC(Nc1nncs1)c1ncc[nH]1. The first kappa shape index (κ1) is 8.18. The number of hydrogen-bond acceptors (Lipinski definition) is 5. The van der Waals surface area contributed by atoms with Crippen LogP contribution in [0.3, 0.4) is 0 Å². The molecule has 2 aromatic rings. The molecule has 0 aliphatic rings. The number of anilines is 1. The maximum absolute atomic E-state index is 4.14. The molecule has 5 nitrogen and oxygen atoms in total. The highest BCUT2D eigenvalue weighted by Gasteiger charge is 2.08. The van der Waals surface area contributed by atoms with Gasteiger partial charge in [-0.15, -0.1) is 10.2 Å². The third-order valence-corrected chi connectivity index (χ3v) is 2.25. The third-order valence-electron chi connectivity index (χ3n) is 1.63. The van der Waals surface area contributed by atoms with E-state index in [0.29, 0.717) is 0 Å². The maximum atomic E-state index is 4.14. The molecular formula is C7H9N5S. The number of aromatic nitrogens is 4. The van der Waals surface area contributed by atoms with E-state index in [-0.39, 0.29) is 6.04 Å². The summed E-state index contributed by atoms with van der Waals surface area (Å²) < 4.78 is 0. The second kappa shape index (κ2) is 3.53. The number of hydrogen-bond donors (Lipinski definition) is 2. The van der Waals surface area contributed by atoms with Crippen LogP contribution in [0, 0.1) is 0 Å². The number of rotatable bonds is 3. The molecule has 0 bridgehead atoms. The lowest BCUT2D eigenvalue weighted by atomic mass is 10.3. The summed E-state index contributed by atoms with van der Waals surface area (Å²) in [5.74, 6) is 0.898. The molecule has 1 unspecified atom stereocenters. The van der Waals surface area contributed by atoms with Gasteiger partial charge in [-0.25, -0.2) is 4.98 Å². The van der Waals surface area contributed by atoms with Crippen molar-refractivity contribution in [3.63, 3.8) is 0 Å². The molecule has 0 aliphatic heterocycles. The molecule has 1 atom stereocenters. The van der Waals surface area contributed by atoms with E-state index >= 15 is 0 Å². The fourth-order valence-corrected chi connectivity index (χ4v) is 1.54. The van der Waals surface area contributed by atoms with Crippen molar-refractivity contribution in [2.75, 3.05) is 5.32 Å². The Labute approximate surface area is 79.2 Å². The lowest BCUT2D eigenvalue weighted by Gasteiger charge is -2.08. The van der Waals surface area contributed by atoms with E-state index in [2.05, 4.69) is 25.5 Å². The van der Waals surface area contributed by atoms with Crippen LogP contribution in [0.4, 0.5) is 5.13 Å². The van der Waals surface area contributed by atoms with Crippen LogP contribution in [0.5, 0.6) is 0 Å². The van der Waals surface area contributed by atoms with Gasteiger partial charge in [0.1, 0.15) is 11.3 Å². The molecule has 13 heavy (non-hydrogen) atoms. The highest BCUT2D eigenvalue weighted by molar-refractivity contribution is 7.13. The van der Waals surface area contributed by atoms with Crippen LogP contribution in [0.2, 0.25) is 0 Å². The summed E-state index contributed by atoms with van der Waals surface area (Å²) in [5, 5.41) is 11.6. The lowest BCUT2D eigenvalue weighted by Crippen LogP contribution is -2.07. The zero-order chi connectivity index (χ0) is 9.10. The first-order chi connectivity index (χ1) is 6.36. The van der Waals surface area contributed by atoms with Gasteiger partial charge in [-0.1, -0.05) is 11.3 Å². The number of imidazole rings is 1. The van der Waals surface area contributed by atoms with Crippen molar-refractivity contribution >= 4 is 16.5 Å². The third kappa shape index (κ3) is 1.83. The average molecular weight is 195 g/mol. The van der Waals surface area contributed by atoms with Crippen LogP contribution in [0.1, 0.15) is 18.8 Å². The molecule has 0 fully saturated rings. The van der Waals surface area contributed by atoms with Crippen molar-refractivity contribution in [3.8, 4) is 0 Å². The van der Waals surface area contributed by atoms with Crippen molar-refractivity contribution in [2.24, 2.45) is 0 Å². The number of nitrogens with one attached hydrogen (secondary N) is 2. The predicted octanol–water partition coefficient (Wildman–Crippen LogP) is 1.43. The highest BCUT2D eigenvalue weighted by Crippen LogP contribution is 2.16. The normalized spacial score (nSPS) is 12.7. The molecule has 0 amide bonds. The van der Waals surface area contributed by atoms with Crippen molar-refractivity contribution in [1.29, 1.82) is 0 Å². The largest absolute Gasteiger partial charge is 0.350 e. The minimum Gasteiger partial charge on any atom is -0.350 e. The fourth-order valence-electron chi connectivity index (χ4n) is 1.00. The summed E-state index contributed by atoms with van der Waals surface area (Å²) in [6.07, 6.45) is 3.53. The van der Waals surface area contributed by atoms with Crippen molar-refractivity contribution in [3.05, 3.63) is 23.7 Å². The first-order valence-electron chi connectivity index (χ1n) is 3.88. The van der Waals surface area contributed by atoms with Crippen LogP contribution < -0.4 is 5.32 Å². The summed E-state index contributed by atoms with van der Waals surface area (Å²) >= 11 is 1.47. The van der Waals surface area contributed by atoms with Gasteiger partial charge in [-0.3, -0.25) is 0 Å². The quantitative estimate of drug-likeness (QED) is 0.777. The Hall–Kier alpha value is -1.43. The molecular weight excluding hydrogens is 186 g/mol. The van der Waals surface area contributed by atoms with Crippen LogP contribution in [-0.2, 0) is 0 Å². The summed E-state index contributed by atoms with van der Waals surface area (Å²) in [6.45, 7) is 2.01. The molecule has 0 radical (unpaired) electrons. The molecule has 0 aliphatic carbocycles. The zero-order valence-corrected chi connectivity index (χ0v) is 7.88. The topological polar surface area (TPSA) is 66.5 Å². The Morgan fingerprint density at radius 1 is 1.62 bits per heavy atom. The molecule has 2 N–H and O–H groups in total. The van der Waals surface area contributed by atoms with Gasteiger partial charge in [-0.2, -0.15) is 0 Å². The van der Waals surface area contributed by atoms with Gasteiger partial charge < -0.3 is 10.3 Å². The molecule has 2 aromatic heterocycles. The number of H-pyrrole nitrogens is 1. The van der Waals surface area contributed by atoms with Crippen molar-refractivity contribution in [1.82, 2.24) is 20.2 Å². The van der Waals surface area contributed by atoms with Gasteiger partial charge in [0.25, 0.3) is 0 Å². The van der Waals surface area contributed by atoms with Crippen LogP contribution >= 0.6 is 11.3 Å². The lowest BCUT2D eigenvalue weighted by molar-refractivity contribution is 0.804.